The SMILES string of the molecule is COc1ccc(C)cc1COc1ccc(N)cc1C#N. The van der Waals surface area contributed by atoms with Crippen molar-refractivity contribution in [1.82, 2.24) is 0 Å². The lowest BCUT2D eigenvalue weighted by atomic mass is 10.1. The third-order valence-corrected chi connectivity index (χ3v) is 2.94. The zero-order chi connectivity index (χ0) is 14.5. The molecule has 0 aliphatic rings. The van der Waals surface area contributed by atoms with Crippen LogP contribution in [0.15, 0.2) is 36.4 Å². The molecular formula is C16H16N2O2. The summed E-state index contributed by atoms with van der Waals surface area (Å²) in [6.45, 7) is 2.34. The molecule has 0 radical (unpaired) electrons. The lowest BCUT2D eigenvalue weighted by Crippen LogP contribution is -2.01. The van der Waals surface area contributed by atoms with E-state index in [1.54, 1.807) is 25.3 Å². The van der Waals surface area contributed by atoms with Gasteiger partial charge >= 0.3 is 0 Å². The van der Waals surface area contributed by atoms with Gasteiger partial charge in [0.25, 0.3) is 0 Å². The summed E-state index contributed by atoms with van der Waals surface area (Å²) in [7, 11) is 1.62. The van der Waals surface area contributed by atoms with E-state index in [9.17, 15) is 0 Å². The number of aryl methyl sites for hydroxylation is 1. The minimum Gasteiger partial charge on any atom is -0.496 e. The van der Waals surface area contributed by atoms with Crippen LogP contribution in [-0.2, 0) is 6.61 Å². The molecule has 0 fully saturated rings. The van der Waals surface area contributed by atoms with Crippen LogP contribution >= 0.6 is 0 Å². The number of nitriles is 1. The van der Waals surface area contributed by atoms with Gasteiger partial charge in [0.2, 0.25) is 0 Å². The average Bonchev–Trinajstić information content (AvgIpc) is 2.46. The standard InChI is InChI=1S/C16H16N2O2/c1-11-3-5-15(19-2)13(7-11)10-20-16-6-4-14(18)8-12(16)9-17/h3-8H,10,18H2,1-2H3. The highest BCUT2D eigenvalue weighted by atomic mass is 16.5. The molecule has 0 amide bonds. The van der Waals surface area contributed by atoms with Crippen LogP contribution in [0.4, 0.5) is 5.69 Å². The lowest BCUT2D eigenvalue weighted by Gasteiger charge is -2.12. The van der Waals surface area contributed by atoms with Crippen molar-refractivity contribution in [3.63, 3.8) is 0 Å². The summed E-state index contributed by atoms with van der Waals surface area (Å²) in [5.74, 6) is 1.29. The zero-order valence-electron chi connectivity index (χ0n) is 11.5. The maximum atomic E-state index is 9.07. The Balaban J connectivity index is 2.21. The molecule has 0 unspecified atom stereocenters. The largest absolute Gasteiger partial charge is 0.496 e. The second-order valence-corrected chi connectivity index (χ2v) is 4.47. The molecule has 0 atom stereocenters. The summed E-state index contributed by atoms with van der Waals surface area (Å²) >= 11 is 0. The van der Waals surface area contributed by atoms with E-state index in [0.29, 0.717) is 23.6 Å². The fourth-order valence-electron chi connectivity index (χ4n) is 1.94. The topological polar surface area (TPSA) is 68.3 Å². The lowest BCUT2D eigenvalue weighted by molar-refractivity contribution is 0.296. The molecule has 2 aromatic carbocycles. The monoisotopic (exact) mass is 268 g/mol. The smallest absolute Gasteiger partial charge is 0.137 e. The molecule has 102 valence electrons. The fraction of sp³-hybridized carbons (Fsp3) is 0.188. The van der Waals surface area contributed by atoms with Crippen molar-refractivity contribution in [2.45, 2.75) is 13.5 Å². The zero-order valence-corrected chi connectivity index (χ0v) is 11.5. The predicted molar refractivity (Wildman–Crippen MR) is 77.6 cm³/mol. The Morgan fingerprint density at radius 1 is 1.15 bits per heavy atom. The van der Waals surface area contributed by atoms with Gasteiger partial charge < -0.3 is 15.2 Å². The molecule has 4 heteroatoms. The molecule has 0 aromatic heterocycles. The molecule has 2 aromatic rings. The molecule has 0 heterocycles. The third kappa shape index (κ3) is 3.01. The van der Waals surface area contributed by atoms with Gasteiger partial charge in [0.05, 0.1) is 12.7 Å². The van der Waals surface area contributed by atoms with Gasteiger partial charge in [-0.05, 0) is 37.3 Å². The van der Waals surface area contributed by atoms with Crippen molar-refractivity contribution in [2.24, 2.45) is 0 Å². The maximum Gasteiger partial charge on any atom is 0.137 e. The average molecular weight is 268 g/mol. The number of anilines is 1. The van der Waals surface area contributed by atoms with E-state index in [4.69, 9.17) is 20.5 Å². The normalized spacial score (nSPS) is 9.85. The number of hydrogen-bond acceptors (Lipinski definition) is 4. The summed E-state index contributed by atoms with van der Waals surface area (Å²) < 4.78 is 11.0. The minimum absolute atomic E-state index is 0.337. The number of benzene rings is 2. The molecule has 0 saturated carbocycles. The van der Waals surface area contributed by atoms with Gasteiger partial charge in [0.15, 0.2) is 0 Å². The molecule has 2 N–H and O–H groups in total. The van der Waals surface area contributed by atoms with Crippen molar-refractivity contribution < 1.29 is 9.47 Å². The Labute approximate surface area is 118 Å². The van der Waals surface area contributed by atoms with E-state index < -0.39 is 0 Å². The van der Waals surface area contributed by atoms with Crippen molar-refractivity contribution in [3.8, 4) is 17.6 Å². The quantitative estimate of drug-likeness (QED) is 0.865. The van der Waals surface area contributed by atoms with Crippen LogP contribution in [0, 0.1) is 18.3 Å². The minimum atomic E-state index is 0.337. The number of methoxy groups -OCH3 is 1. The van der Waals surface area contributed by atoms with Crippen LogP contribution in [-0.4, -0.2) is 7.11 Å². The van der Waals surface area contributed by atoms with Gasteiger partial charge in [-0.3, -0.25) is 0 Å². The van der Waals surface area contributed by atoms with Crippen LogP contribution in [0.5, 0.6) is 11.5 Å². The summed E-state index contributed by atoms with van der Waals surface area (Å²) in [5.41, 5.74) is 8.69. The van der Waals surface area contributed by atoms with Crippen LogP contribution in [0.2, 0.25) is 0 Å². The Bertz CT molecular complexity index is 660. The highest BCUT2D eigenvalue weighted by Gasteiger charge is 2.07. The van der Waals surface area contributed by atoms with Crippen molar-refractivity contribution in [1.29, 1.82) is 5.26 Å². The molecule has 0 aliphatic heterocycles. The van der Waals surface area contributed by atoms with Crippen molar-refractivity contribution in [2.75, 3.05) is 12.8 Å². The Kier molecular flexibility index (Phi) is 4.11. The first-order valence-electron chi connectivity index (χ1n) is 6.20. The van der Waals surface area contributed by atoms with Gasteiger partial charge in [0, 0.05) is 11.3 Å². The third-order valence-electron chi connectivity index (χ3n) is 2.94. The first kappa shape index (κ1) is 13.8. The summed E-state index contributed by atoms with van der Waals surface area (Å²) in [5, 5.41) is 9.07. The van der Waals surface area contributed by atoms with E-state index in [1.165, 1.54) is 0 Å². The molecule has 0 aliphatic carbocycles. The van der Waals surface area contributed by atoms with Crippen molar-refractivity contribution in [3.05, 3.63) is 53.1 Å². The van der Waals surface area contributed by atoms with Gasteiger partial charge in [-0.1, -0.05) is 11.6 Å². The van der Waals surface area contributed by atoms with Gasteiger partial charge in [-0.15, -0.1) is 0 Å². The van der Waals surface area contributed by atoms with Gasteiger partial charge in [-0.25, -0.2) is 0 Å². The number of hydrogen-bond donors (Lipinski definition) is 1. The molecule has 0 saturated heterocycles. The molecule has 2 rings (SSSR count). The van der Waals surface area contributed by atoms with E-state index in [2.05, 4.69) is 6.07 Å². The van der Waals surface area contributed by atoms with E-state index >= 15 is 0 Å². The Morgan fingerprint density at radius 2 is 1.90 bits per heavy atom. The van der Waals surface area contributed by atoms with Gasteiger partial charge in [0.1, 0.15) is 24.2 Å². The van der Waals surface area contributed by atoms with Crippen LogP contribution in [0.3, 0.4) is 0 Å². The Morgan fingerprint density at radius 3 is 2.60 bits per heavy atom. The van der Waals surface area contributed by atoms with Crippen LogP contribution in [0.25, 0.3) is 0 Å². The van der Waals surface area contributed by atoms with Crippen LogP contribution < -0.4 is 15.2 Å². The van der Waals surface area contributed by atoms with E-state index in [0.717, 1.165) is 16.9 Å². The first-order valence-corrected chi connectivity index (χ1v) is 6.20. The highest BCUT2D eigenvalue weighted by Crippen LogP contribution is 2.25. The van der Waals surface area contributed by atoms with E-state index in [1.807, 2.05) is 25.1 Å². The summed E-state index contributed by atoms with van der Waals surface area (Å²) in [4.78, 5) is 0. The number of nitrogen functional groups attached to an aromatic ring is 1. The fourth-order valence-corrected chi connectivity index (χ4v) is 1.94. The summed E-state index contributed by atoms with van der Waals surface area (Å²) in [6.07, 6.45) is 0. The second-order valence-electron chi connectivity index (χ2n) is 4.47. The molecule has 4 nitrogen and oxygen atoms in total. The van der Waals surface area contributed by atoms with Crippen molar-refractivity contribution >= 4 is 5.69 Å². The summed E-state index contributed by atoms with van der Waals surface area (Å²) in [6, 6.07) is 13.0. The van der Waals surface area contributed by atoms with Crippen LogP contribution in [0.1, 0.15) is 16.7 Å². The highest BCUT2D eigenvalue weighted by molar-refractivity contribution is 5.53. The number of ether oxygens (including phenoxy) is 2. The number of rotatable bonds is 4. The molecule has 0 spiro atoms. The first-order chi connectivity index (χ1) is 9.63. The molecule has 20 heavy (non-hydrogen) atoms. The maximum absolute atomic E-state index is 9.07. The predicted octanol–water partition coefficient (Wildman–Crippen LogP) is 3.04. The molecular weight excluding hydrogens is 252 g/mol. The van der Waals surface area contributed by atoms with E-state index in [-0.39, 0.29) is 0 Å². The number of nitrogens with two attached hydrogens (primary N) is 1. The Hall–Kier alpha value is -2.67. The number of nitrogens with zero attached hydrogens (tertiary/aromatic N) is 1. The molecule has 0 bridgehead atoms. The second kappa shape index (κ2) is 5.98. The van der Waals surface area contributed by atoms with Gasteiger partial charge in [-0.2, -0.15) is 5.26 Å².